The lowest BCUT2D eigenvalue weighted by Crippen LogP contribution is -1.71. The largest absolute Gasteiger partial charge is 0.299 e. The third kappa shape index (κ3) is 3.73. The number of hydrogen-bond acceptors (Lipinski definition) is 1. The monoisotopic (exact) mass is 234 g/mol. The normalized spacial score (nSPS) is 9.31. The molecule has 0 aliphatic carbocycles. The Bertz CT molecular complexity index is 365. The summed E-state index contributed by atoms with van der Waals surface area (Å²) in [4.78, 5) is 9.90. The smallest absolute Gasteiger partial charge is 0.143 e. The van der Waals surface area contributed by atoms with Crippen molar-refractivity contribution >= 4 is 22.2 Å². The fourth-order valence-electron chi connectivity index (χ4n) is 0.746. The number of carbonyl (C=O) groups is 1. The summed E-state index contributed by atoms with van der Waals surface area (Å²) in [5.74, 6) is 5.64. The van der Waals surface area contributed by atoms with Crippen molar-refractivity contribution in [1.29, 1.82) is 0 Å². The number of aldehydes is 1. The van der Waals surface area contributed by atoms with E-state index in [1.807, 2.05) is 24.3 Å². The molecule has 0 bridgehead atoms. The summed E-state index contributed by atoms with van der Waals surface area (Å²) in [7, 11) is 0. The average molecular weight is 235 g/mol. The molecule has 1 nitrogen and oxygen atoms in total. The Hall–Kier alpha value is -1.33. The highest BCUT2D eigenvalue weighted by Gasteiger charge is 1.85. The number of carbonyl (C=O) groups excluding carboxylic acids is 1. The van der Waals surface area contributed by atoms with Crippen molar-refractivity contribution in [2.24, 2.45) is 0 Å². The second kappa shape index (κ2) is 5.34. The van der Waals surface area contributed by atoms with Crippen LogP contribution in [0.1, 0.15) is 5.56 Å². The van der Waals surface area contributed by atoms with Gasteiger partial charge in [0.2, 0.25) is 0 Å². The Morgan fingerprint density at radius 1 is 1.23 bits per heavy atom. The standard InChI is InChI=1S/C11H7BrO/c12-11-7-5-10(6-8-11)4-2-1-3-9-13/h1,3,5-9H/b3-1-. The Kier molecular flexibility index (Phi) is 4.01. The number of hydrogen-bond donors (Lipinski definition) is 0. The van der Waals surface area contributed by atoms with Gasteiger partial charge in [0.05, 0.1) is 0 Å². The summed E-state index contributed by atoms with van der Waals surface area (Å²) in [5, 5.41) is 0. The summed E-state index contributed by atoms with van der Waals surface area (Å²) < 4.78 is 1.03. The molecule has 0 atom stereocenters. The van der Waals surface area contributed by atoms with Gasteiger partial charge in [-0.05, 0) is 36.4 Å². The van der Waals surface area contributed by atoms with Crippen LogP contribution in [0.4, 0.5) is 0 Å². The molecule has 0 N–H and O–H groups in total. The number of benzene rings is 1. The van der Waals surface area contributed by atoms with E-state index in [4.69, 9.17) is 0 Å². The van der Waals surface area contributed by atoms with Crippen molar-refractivity contribution in [2.75, 3.05) is 0 Å². The van der Waals surface area contributed by atoms with E-state index in [1.54, 1.807) is 0 Å². The van der Waals surface area contributed by atoms with Crippen molar-refractivity contribution in [1.82, 2.24) is 0 Å². The Morgan fingerprint density at radius 2 is 1.92 bits per heavy atom. The first-order valence-electron chi connectivity index (χ1n) is 3.70. The van der Waals surface area contributed by atoms with Crippen LogP contribution in [0, 0.1) is 11.8 Å². The maximum Gasteiger partial charge on any atom is 0.143 e. The van der Waals surface area contributed by atoms with E-state index in [0.29, 0.717) is 6.29 Å². The van der Waals surface area contributed by atoms with Gasteiger partial charge in [-0.2, -0.15) is 0 Å². The number of rotatable bonds is 1. The molecule has 0 saturated carbocycles. The van der Waals surface area contributed by atoms with Crippen LogP contribution in [0.25, 0.3) is 0 Å². The van der Waals surface area contributed by atoms with Crippen LogP contribution in [-0.4, -0.2) is 6.29 Å². The van der Waals surface area contributed by atoms with Crippen LogP contribution in [0.2, 0.25) is 0 Å². The van der Waals surface area contributed by atoms with Gasteiger partial charge in [0, 0.05) is 10.0 Å². The summed E-state index contributed by atoms with van der Waals surface area (Å²) >= 11 is 3.33. The molecule has 2 heteroatoms. The van der Waals surface area contributed by atoms with Crippen LogP contribution < -0.4 is 0 Å². The second-order valence-corrected chi connectivity index (χ2v) is 3.19. The van der Waals surface area contributed by atoms with Gasteiger partial charge in [-0.3, -0.25) is 4.79 Å². The highest BCUT2D eigenvalue weighted by Crippen LogP contribution is 2.09. The first kappa shape index (κ1) is 9.76. The molecular weight excluding hydrogens is 228 g/mol. The average Bonchev–Trinajstić information content (AvgIpc) is 2.15. The van der Waals surface area contributed by atoms with Gasteiger partial charge in [-0.15, -0.1) is 0 Å². The van der Waals surface area contributed by atoms with Gasteiger partial charge in [0.1, 0.15) is 6.29 Å². The number of halogens is 1. The van der Waals surface area contributed by atoms with Crippen LogP contribution >= 0.6 is 15.9 Å². The predicted octanol–water partition coefficient (Wildman–Crippen LogP) is 2.56. The van der Waals surface area contributed by atoms with Gasteiger partial charge in [0.15, 0.2) is 0 Å². The molecule has 1 rings (SSSR count). The summed E-state index contributed by atoms with van der Waals surface area (Å²) in [6, 6.07) is 7.67. The lowest BCUT2D eigenvalue weighted by Gasteiger charge is -1.88. The van der Waals surface area contributed by atoms with Gasteiger partial charge >= 0.3 is 0 Å². The molecule has 0 heterocycles. The zero-order chi connectivity index (χ0) is 9.52. The van der Waals surface area contributed by atoms with E-state index >= 15 is 0 Å². The van der Waals surface area contributed by atoms with Crippen LogP contribution in [-0.2, 0) is 4.79 Å². The SMILES string of the molecule is O=C/C=C\C#Cc1ccc(Br)cc1. The molecule has 0 aromatic heterocycles. The Balaban J connectivity index is 2.72. The van der Waals surface area contributed by atoms with Crippen LogP contribution in [0.3, 0.4) is 0 Å². The fourth-order valence-corrected chi connectivity index (χ4v) is 1.01. The number of allylic oxidation sites excluding steroid dienone is 2. The zero-order valence-corrected chi connectivity index (χ0v) is 8.41. The highest BCUT2D eigenvalue weighted by atomic mass is 79.9. The minimum atomic E-state index is 0.705. The molecule has 0 amide bonds. The molecule has 0 aliphatic rings. The van der Waals surface area contributed by atoms with Crippen molar-refractivity contribution in [2.45, 2.75) is 0 Å². The molecule has 0 fully saturated rings. The first-order valence-corrected chi connectivity index (χ1v) is 4.49. The van der Waals surface area contributed by atoms with Crippen molar-refractivity contribution in [3.8, 4) is 11.8 Å². The Labute approximate surface area is 85.6 Å². The molecule has 0 spiro atoms. The zero-order valence-electron chi connectivity index (χ0n) is 6.83. The van der Waals surface area contributed by atoms with E-state index in [9.17, 15) is 4.79 Å². The molecular formula is C11H7BrO. The molecule has 0 saturated heterocycles. The van der Waals surface area contributed by atoms with E-state index < -0.39 is 0 Å². The molecule has 1 aromatic carbocycles. The van der Waals surface area contributed by atoms with Gasteiger partial charge in [-0.25, -0.2) is 0 Å². The maximum atomic E-state index is 9.90. The molecule has 0 radical (unpaired) electrons. The third-order valence-corrected chi connectivity index (χ3v) is 1.85. The summed E-state index contributed by atoms with van der Waals surface area (Å²) in [6.45, 7) is 0. The van der Waals surface area contributed by atoms with Crippen molar-refractivity contribution in [3.05, 3.63) is 46.5 Å². The molecule has 0 aliphatic heterocycles. The van der Waals surface area contributed by atoms with E-state index in [2.05, 4.69) is 27.8 Å². The molecule has 1 aromatic rings. The predicted molar refractivity (Wildman–Crippen MR) is 56.2 cm³/mol. The Morgan fingerprint density at radius 3 is 2.54 bits per heavy atom. The fraction of sp³-hybridized carbons (Fsp3) is 0. The second-order valence-electron chi connectivity index (χ2n) is 2.27. The molecule has 64 valence electrons. The van der Waals surface area contributed by atoms with Gasteiger partial charge in [0.25, 0.3) is 0 Å². The van der Waals surface area contributed by atoms with Gasteiger partial charge in [-0.1, -0.05) is 27.8 Å². The minimum Gasteiger partial charge on any atom is -0.299 e. The topological polar surface area (TPSA) is 17.1 Å². The van der Waals surface area contributed by atoms with E-state index in [0.717, 1.165) is 10.0 Å². The summed E-state index contributed by atoms with van der Waals surface area (Å²) in [6.07, 6.45) is 3.59. The van der Waals surface area contributed by atoms with Crippen LogP contribution in [0.5, 0.6) is 0 Å². The lowest BCUT2D eigenvalue weighted by atomic mass is 10.2. The molecule has 13 heavy (non-hydrogen) atoms. The molecule has 0 unspecified atom stereocenters. The lowest BCUT2D eigenvalue weighted by molar-refractivity contribution is -0.104. The summed E-state index contributed by atoms with van der Waals surface area (Å²) in [5.41, 5.74) is 0.929. The minimum absolute atomic E-state index is 0.705. The third-order valence-electron chi connectivity index (χ3n) is 1.32. The van der Waals surface area contributed by atoms with Gasteiger partial charge < -0.3 is 0 Å². The van der Waals surface area contributed by atoms with E-state index in [-0.39, 0.29) is 0 Å². The van der Waals surface area contributed by atoms with Crippen molar-refractivity contribution in [3.63, 3.8) is 0 Å². The highest BCUT2D eigenvalue weighted by molar-refractivity contribution is 9.10. The first-order chi connectivity index (χ1) is 6.33. The van der Waals surface area contributed by atoms with Crippen LogP contribution in [0.15, 0.2) is 40.9 Å². The van der Waals surface area contributed by atoms with Crippen molar-refractivity contribution < 1.29 is 4.79 Å². The quantitative estimate of drug-likeness (QED) is 0.415. The van der Waals surface area contributed by atoms with E-state index in [1.165, 1.54) is 12.2 Å². The maximum absolute atomic E-state index is 9.90.